The minimum absolute atomic E-state index is 0.605. The minimum atomic E-state index is 0.605. The van der Waals surface area contributed by atoms with E-state index in [0.29, 0.717) is 5.92 Å². The van der Waals surface area contributed by atoms with Crippen LogP contribution in [0.5, 0.6) is 0 Å². The van der Waals surface area contributed by atoms with E-state index in [1.807, 2.05) is 11.3 Å². The van der Waals surface area contributed by atoms with Gasteiger partial charge < -0.3 is 5.32 Å². The maximum absolute atomic E-state index is 4.93. The van der Waals surface area contributed by atoms with Crippen LogP contribution in [0, 0.1) is 20.8 Å². The van der Waals surface area contributed by atoms with E-state index in [4.69, 9.17) is 4.98 Å². The maximum atomic E-state index is 4.93. The van der Waals surface area contributed by atoms with E-state index >= 15 is 0 Å². The van der Waals surface area contributed by atoms with Crippen molar-refractivity contribution in [2.45, 2.75) is 39.5 Å². The molecule has 1 N–H and O–H groups in total. The third kappa shape index (κ3) is 2.65. The van der Waals surface area contributed by atoms with Crippen molar-refractivity contribution < 1.29 is 0 Å². The average Bonchev–Trinajstić information content (AvgIpc) is 2.88. The predicted molar refractivity (Wildman–Crippen MR) is 86.6 cm³/mol. The molecular formula is C17H22N2S. The van der Waals surface area contributed by atoms with Crippen molar-refractivity contribution in [1.82, 2.24) is 10.3 Å². The summed E-state index contributed by atoms with van der Waals surface area (Å²) in [6.07, 6.45) is 2.54. The van der Waals surface area contributed by atoms with E-state index in [1.165, 1.54) is 40.1 Å². The second-order valence-electron chi connectivity index (χ2n) is 5.89. The van der Waals surface area contributed by atoms with Crippen molar-refractivity contribution in [1.29, 1.82) is 0 Å². The van der Waals surface area contributed by atoms with E-state index in [2.05, 4.69) is 43.6 Å². The van der Waals surface area contributed by atoms with Crippen LogP contribution in [0.3, 0.4) is 0 Å². The normalized spacial score (nSPS) is 19.2. The molecule has 1 saturated heterocycles. The van der Waals surface area contributed by atoms with Gasteiger partial charge in [-0.2, -0.15) is 0 Å². The third-order valence-electron chi connectivity index (χ3n) is 4.10. The number of hydrogen-bond acceptors (Lipinski definition) is 3. The lowest BCUT2D eigenvalue weighted by Crippen LogP contribution is -2.28. The summed E-state index contributed by atoms with van der Waals surface area (Å²) in [7, 11) is 0. The molecule has 2 aromatic rings. The molecule has 106 valence electrons. The highest BCUT2D eigenvalue weighted by molar-refractivity contribution is 7.10. The number of benzene rings is 1. The van der Waals surface area contributed by atoms with Crippen LogP contribution in [0.2, 0.25) is 0 Å². The molecular weight excluding hydrogens is 264 g/mol. The molecule has 1 atom stereocenters. The second kappa shape index (κ2) is 5.66. The molecule has 0 spiro atoms. The summed E-state index contributed by atoms with van der Waals surface area (Å²) >= 11 is 1.82. The Morgan fingerprint density at radius 3 is 2.60 bits per heavy atom. The topological polar surface area (TPSA) is 24.9 Å². The highest BCUT2D eigenvalue weighted by Crippen LogP contribution is 2.33. The Labute approximate surface area is 125 Å². The number of nitrogens with one attached hydrogen (secondary N) is 1. The van der Waals surface area contributed by atoms with Gasteiger partial charge in [-0.1, -0.05) is 17.7 Å². The largest absolute Gasteiger partial charge is 0.316 e. The molecule has 2 nitrogen and oxygen atoms in total. The van der Waals surface area contributed by atoms with E-state index in [-0.39, 0.29) is 0 Å². The van der Waals surface area contributed by atoms with Gasteiger partial charge >= 0.3 is 0 Å². The summed E-state index contributed by atoms with van der Waals surface area (Å²) in [6.45, 7) is 8.78. The van der Waals surface area contributed by atoms with Gasteiger partial charge in [-0.15, -0.1) is 11.3 Å². The number of hydrogen-bond donors (Lipinski definition) is 1. The molecule has 1 aliphatic heterocycles. The molecule has 1 fully saturated rings. The van der Waals surface area contributed by atoms with Crippen LogP contribution in [0.4, 0.5) is 0 Å². The van der Waals surface area contributed by atoms with Gasteiger partial charge in [0.05, 0.1) is 10.7 Å². The first-order valence-electron chi connectivity index (χ1n) is 7.39. The molecule has 1 unspecified atom stereocenters. The van der Waals surface area contributed by atoms with Gasteiger partial charge in [0.1, 0.15) is 0 Å². The van der Waals surface area contributed by atoms with Gasteiger partial charge in [-0.3, -0.25) is 0 Å². The van der Waals surface area contributed by atoms with Gasteiger partial charge in [-0.05, 0) is 51.3 Å². The summed E-state index contributed by atoms with van der Waals surface area (Å²) < 4.78 is 0. The van der Waals surface area contributed by atoms with Gasteiger partial charge in [0.15, 0.2) is 0 Å². The molecule has 1 aromatic carbocycles. The van der Waals surface area contributed by atoms with Crippen LogP contribution in [0.15, 0.2) is 17.5 Å². The molecule has 3 heteroatoms. The number of nitrogens with zero attached hydrogens (tertiary/aromatic N) is 1. The van der Waals surface area contributed by atoms with Crippen molar-refractivity contribution in [3.63, 3.8) is 0 Å². The lowest BCUT2D eigenvalue weighted by atomic mass is 9.97. The van der Waals surface area contributed by atoms with Gasteiger partial charge in [0.2, 0.25) is 0 Å². The Kier molecular flexibility index (Phi) is 3.90. The summed E-state index contributed by atoms with van der Waals surface area (Å²) in [5, 5.41) is 7.01. The highest BCUT2D eigenvalue weighted by atomic mass is 32.1. The molecule has 2 heterocycles. The number of rotatable bonds is 2. The summed E-state index contributed by atoms with van der Waals surface area (Å²) in [5.74, 6) is 0.605. The van der Waals surface area contributed by atoms with Crippen molar-refractivity contribution >= 4 is 11.3 Å². The highest BCUT2D eigenvalue weighted by Gasteiger charge is 2.19. The zero-order valence-corrected chi connectivity index (χ0v) is 13.3. The van der Waals surface area contributed by atoms with Crippen molar-refractivity contribution in [2.24, 2.45) is 0 Å². The number of piperidine rings is 1. The van der Waals surface area contributed by atoms with Crippen LogP contribution >= 0.6 is 11.3 Å². The fourth-order valence-electron chi connectivity index (χ4n) is 3.24. The molecule has 0 aliphatic carbocycles. The van der Waals surface area contributed by atoms with Gasteiger partial charge in [0.25, 0.3) is 0 Å². The molecule has 0 saturated carbocycles. The fourth-order valence-corrected chi connectivity index (χ4v) is 4.18. The predicted octanol–water partition coefficient (Wildman–Crippen LogP) is 4.20. The number of aryl methyl sites for hydroxylation is 3. The quantitative estimate of drug-likeness (QED) is 0.895. The van der Waals surface area contributed by atoms with Crippen molar-refractivity contribution in [2.75, 3.05) is 13.1 Å². The SMILES string of the molecule is Cc1cc(C)c(-c2csc(C3CCCNC3)n2)c(C)c1. The molecule has 20 heavy (non-hydrogen) atoms. The van der Waals surface area contributed by atoms with E-state index in [9.17, 15) is 0 Å². The minimum Gasteiger partial charge on any atom is -0.316 e. The lowest BCUT2D eigenvalue weighted by Gasteiger charge is -2.20. The van der Waals surface area contributed by atoms with Crippen LogP contribution in [0.25, 0.3) is 11.3 Å². The first-order chi connectivity index (χ1) is 9.65. The molecule has 0 bridgehead atoms. The third-order valence-corrected chi connectivity index (χ3v) is 5.11. The van der Waals surface area contributed by atoms with E-state index in [1.54, 1.807) is 0 Å². The summed E-state index contributed by atoms with van der Waals surface area (Å²) in [4.78, 5) is 4.93. The van der Waals surface area contributed by atoms with Crippen LogP contribution in [0.1, 0.15) is 40.5 Å². The van der Waals surface area contributed by atoms with Crippen molar-refractivity contribution in [3.05, 3.63) is 39.2 Å². The molecule has 0 amide bonds. The Balaban J connectivity index is 1.94. The zero-order chi connectivity index (χ0) is 14.1. The van der Waals surface area contributed by atoms with Crippen LogP contribution in [-0.2, 0) is 0 Å². The fraction of sp³-hybridized carbons (Fsp3) is 0.471. The van der Waals surface area contributed by atoms with E-state index in [0.717, 1.165) is 18.8 Å². The standard InChI is InChI=1S/C17H22N2S/c1-11-7-12(2)16(13(3)8-11)15-10-20-17(19-15)14-5-4-6-18-9-14/h7-8,10,14,18H,4-6,9H2,1-3H3. The Morgan fingerprint density at radius 2 is 1.95 bits per heavy atom. The first kappa shape index (κ1) is 13.8. The van der Waals surface area contributed by atoms with E-state index < -0.39 is 0 Å². The number of thiazole rings is 1. The molecule has 3 rings (SSSR count). The Morgan fingerprint density at radius 1 is 1.20 bits per heavy atom. The van der Waals surface area contributed by atoms with Gasteiger partial charge in [-0.25, -0.2) is 4.98 Å². The van der Waals surface area contributed by atoms with Gasteiger partial charge in [0, 0.05) is 23.4 Å². The summed E-state index contributed by atoms with van der Waals surface area (Å²) in [6, 6.07) is 4.51. The van der Waals surface area contributed by atoms with Crippen LogP contribution in [-0.4, -0.2) is 18.1 Å². The smallest absolute Gasteiger partial charge is 0.0976 e. The molecule has 1 aromatic heterocycles. The summed E-state index contributed by atoms with van der Waals surface area (Å²) in [5.41, 5.74) is 6.48. The average molecular weight is 286 g/mol. The Bertz CT molecular complexity index is 586. The Hall–Kier alpha value is -1.19. The molecule has 1 aliphatic rings. The zero-order valence-electron chi connectivity index (χ0n) is 12.5. The first-order valence-corrected chi connectivity index (χ1v) is 8.27. The monoisotopic (exact) mass is 286 g/mol. The lowest BCUT2D eigenvalue weighted by molar-refractivity contribution is 0.460. The number of aromatic nitrogens is 1. The van der Waals surface area contributed by atoms with Crippen LogP contribution < -0.4 is 5.32 Å². The molecule has 0 radical (unpaired) electrons. The second-order valence-corrected chi connectivity index (χ2v) is 6.78. The maximum Gasteiger partial charge on any atom is 0.0976 e. The van der Waals surface area contributed by atoms with Crippen molar-refractivity contribution in [3.8, 4) is 11.3 Å².